The Morgan fingerprint density at radius 1 is 0.692 bits per heavy atom. The number of amides is 1. The molecule has 2 rings (SSSR count). The van der Waals surface area contributed by atoms with Crippen LogP contribution in [0.3, 0.4) is 0 Å². The van der Waals surface area contributed by atoms with Crippen molar-refractivity contribution < 1.29 is 18.7 Å². The minimum atomic E-state index is -0.253. The van der Waals surface area contributed by atoms with Crippen LogP contribution in [-0.2, 0) is 14.3 Å². The molecule has 1 aromatic carbocycles. The van der Waals surface area contributed by atoms with E-state index in [9.17, 15) is 9.18 Å². The minimum absolute atomic E-state index is 0.0389. The Kier molecular flexibility index (Phi) is 28.8. The molecule has 52 heavy (non-hydrogen) atoms. The van der Waals surface area contributed by atoms with Gasteiger partial charge in [-0.3, -0.25) is 4.79 Å². The number of hydrogen-bond donors (Lipinski definition) is 3. The second kappa shape index (κ2) is 32.5. The van der Waals surface area contributed by atoms with Crippen LogP contribution in [0, 0.1) is 5.82 Å². The van der Waals surface area contributed by atoms with Crippen LogP contribution in [0.5, 0.6) is 0 Å². The molecule has 1 amide bonds. The normalized spacial score (nSPS) is 12.8. The average Bonchev–Trinajstić information content (AvgIpc) is 3.56. The number of aromatic amines is 1. The number of unbranched alkanes of at least 4 members (excludes halogenated alkanes) is 22. The number of fused-ring (bicyclic) bond motifs is 1. The van der Waals surface area contributed by atoms with Gasteiger partial charge in [0.15, 0.2) is 0 Å². The fourth-order valence-corrected chi connectivity index (χ4v) is 7.18. The lowest BCUT2D eigenvalue weighted by Gasteiger charge is -2.20. The molecule has 300 valence electrons. The number of H-pyrrole nitrogens is 1. The molecular weight excluding hydrogens is 650 g/mol. The molecule has 1 heterocycles. The standard InChI is InChI=1S/C45H80FN3O3/c1-4-7-9-11-13-15-17-19-21-23-25-27-32-51-38-40(52-33-28-26-24-22-20-18-16-14-12-10-8-5-2)35-49-45(50)37-48-43(29-6-3)42-36-47-44-31-30-39(46)34-41(42)44/h30-31,34,36,40,43,47-48H,4-29,32-33,35,37-38H2,1-3H3,(H,49,50). The molecule has 0 aliphatic heterocycles. The Morgan fingerprint density at radius 3 is 1.75 bits per heavy atom. The smallest absolute Gasteiger partial charge is 0.234 e. The predicted octanol–water partition coefficient (Wildman–Crippen LogP) is 12.7. The van der Waals surface area contributed by atoms with E-state index in [2.05, 4.69) is 36.4 Å². The van der Waals surface area contributed by atoms with E-state index in [1.54, 1.807) is 12.1 Å². The van der Waals surface area contributed by atoms with Crippen LogP contribution in [0.2, 0.25) is 0 Å². The van der Waals surface area contributed by atoms with Gasteiger partial charge >= 0.3 is 0 Å². The minimum Gasteiger partial charge on any atom is -0.379 e. The molecule has 2 atom stereocenters. The second-order valence-electron chi connectivity index (χ2n) is 15.3. The number of carbonyl (C=O) groups is 1. The van der Waals surface area contributed by atoms with Crippen molar-refractivity contribution in [3.63, 3.8) is 0 Å². The summed E-state index contributed by atoms with van der Waals surface area (Å²) >= 11 is 0. The van der Waals surface area contributed by atoms with Crippen molar-refractivity contribution in [2.75, 3.05) is 32.9 Å². The van der Waals surface area contributed by atoms with Crippen molar-refractivity contribution in [3.8, 4) is 0 Å². The largest absolute Gasteiger partial charge is 0.379 e. The Morgan fingerprint density at radius 2 is 1.21 bits per heavy atom. The van der Waals surface area contributed by atoms with Gasteiger partial charge in [0.25, 0.3) is 0 Å². The van der Waals surface area contributed by atoms with Gasteiger partial charge in [0.05, 0.1) is 19.3 Å². The first kappa shape index (κ1) is 46.2. The van der Waals surface area contributed by atoms with Crippen molar-refractivity contribution in [1.29, 1.82) is 0 Å². The maximum atomic E-state index is 14.0. The summed E-state index contributed by atoms with van der Waals surface area (Å²) in [4.78, 5) is 16.2. The molecule has 0 aliphatic carbocycles. The third kappa shape index (κ3) is 23.0. The summed E-state index contributed by atoms with van der Waals surface area (Å²) in [6.07, 6.45) is 35.4. The van der Waals surface area contributed by atoms with Gasteiger partial charge in [-0.15, -0.1) is 0 Å². The van der Waals surface area contributed by atoms with Crippen LogP contribution in [0.4, 0.5) is 4.39 Å². The van der Waals surface area contributed by atoms with Gasteiger partial charge in [-0.25, -0.2) is 4.39 Å². The molecule has 1 aromatic heterocycles. The van der Waals surface area contributed by atoms with Gasteiger partial charge in [-0.1, -0.05) is 168 Å². The highest BCUT2D eigenvalue weighted by molar-refractivity contribution is 5.84. The summed E-state index contributed by atoms with van der Waals surface area (Å²) < 4.78 is 26.4. The summed E-state index contributed by atoms with van der Waals surface area (Å²) in [5, 5.41) is 7.38. The lowest BCUT2D eigenvalue weighted by molar-refractivity contribution is -0.121. The van der Waals surface area contributed by atoms with Crippen LogP contribution in [0.1, 0.15) is 199 Å². The third-order valence-corrected chi connectivity index (χ3v) is 10.5. The molecular formula is C45H80FN3O3. The van der Waals surface area contributed by atoms with Crippen molar-refractivity contribution in [2.24, 2.45) is 0 Å². The van der Waals surface area contributed by atoms with Crippen molar-refractivity contribution >= 4 is 16.8 Å². The van der Waals surface area contributed by atoms with Gasteiger partial charge in [-0.2, -0.15) is 0 Å². The molecule has 0 fully saturated rings. The molecule has 2 aromatic rings. The fraction of sp³-hybridized carbons (Fsp3) is 0.800. The van der Waals surface area contributed by atoms with Gasteiger partial charge in [0, 0.05) is 42.9 Å². The van der Waals surface area contributed by atoms with Crippen LogP contribution in [0.15, 0.2) is 24.4 Å². The lowest BCUT2D eigenvalue weighted by atomic mass is 10.0. The van der Waals surface area contributed by atoms with E-state index in [1.807, 2.05) is 6.20 Å². The second-order valence-corrected chi connectivity index (χ2v) is 15.3. The third-order valence-electron chi connectivity index (χ3n) is 10.5. The van der Waals surface area contributed by atoms with Gasteiger partial charge < -0.3 is 25.1 Å². The van der Waals surface area contributed by atoms with Crippen LogP contribution < -0.4 is 10.6 Å². The molecule has 0 spiro atoms. The Hall–Kier alpha value is -1.96. The summed E-state index contributed by atoms with van der Waals surface area (Å²) in [6, 6.07) is 4.77. The lowest BCUT2D eigenvalue weighted by Crippen LogP contribution is -2.41. The zero-order valence-corrected chi connectivity index (χ0v) is 34.0. The van der Waals surface area contributed by atoms with E-state index in [1.165, 1.54) is 147 Å². The first-order valence-corrected chi connectivity index (χ1v) is 22.0. The SMILES string of the molecule is CCCCCCCCCCCCCCOCC(CNC(=O)CNC(CCC)c1c[nH]c2ccc(F)cc12)OCCCCCCCCCCCCCC. The molecule has 0 bridgehead atoms. The van der Waals surface area contributed by atoms with Crippen molar-refractivity contribution in [1.82, 2.24) is 15.6 Å². The molecule has 0 aliphatic rings. The molecule has 0 saturated carbocycles. The molecule has 7 heteroatoms. The number of halogens is 1. The Labute approximate surface area is 318 Å². The summed E-state index contributed by atoms with van der Waals surface area (Å²) in [7, 11) is 0. The van der Waals surface area contributed by atoms with Gasteiger partial charge in [-0.05, 0) is 43.0 Å². The van der Waals surface area contributed by atoms with Crippen molar-refractivity contribution in [3.05, 3.63) is 35.8 Å². The number of hydrogen-bond acceptors (Lipinski definition) is 4. The Balaban J connectivity index is 1.68. The number of carbonyl (C=O) groups excluding carboxylic acids is 1. The average molecular weight is 730 g/mol. The summed E-state index contributed by atoms with van der Waals surface area (Å²) in [5.41, 5.74) is 1.90. The zero-order chi connectivity index (χ0) is 37.3. The number of nitrogens with one attached hydrogen (secondary N) is 3. The maximum absolute atomic E-state index is 14.0. The first-order valence-electron chi connectivity index (χ1n) is 22.0. The summed E-state index contributed by atoms with van der Waals surface area (Å²) in [5.74, 6) is -0.316. The monoisotopic (exact) mass is 730 g/mol. The number of ether oxygens (including phenoxy) is 2. The van der Waals surface area contributed by atoms with Gasteiger partial charge in [0.1, 0.15) is 5.82 Å². The summed E-state index contributed by atoms with van der Waals surface area (Å²) in [6.45, 7) is 9.26. The van der Waals surface area contributed by atoms with Crippen LogP contribution >= 0.6 is 0 Å². The van der Waals surface area contributed by atoms with E-state index >= 15 is 0 Å². The highest BCUT2D eigenvalue weighted by atomic mass is 19.1. The van der Waals surface area contributed by atoms with E-state index in [0.717, 1.165) is 48.8 Å². The maximum Gasteiger partial charge on any atom is 0.234 e. The van der Waals surface area contributed by atoms with Crippen LogP contribution in [0.25, 0.3) is 10.9 Å². The number of benzene rings is 1. The highest BCUT2D eigenvalue weighted by Gasteiger charge is 2.18. The predicted molar refractivity (Wildman–Crippen MR) is 220 cm³/mol. The highest BCUT2D eigenvalue weighted by Crippen LogP contribution is 2.27. The molecule has 3 N–H and O–H groups in total. The van der Waals surface area contributed by atoms with E-state index in [-0.39, 0.29) is 30.4 Å². The number of aromatic nitrogens is 1. The van der Waals surface area contributed by atoms with E-state index in [0.29, 0.717) is 19.8 Å². The molecule has 6 nitrogen and oxygen atoms in total. The Bertz CT molecular complexity index is 1110. The van der Waals surface area contributed by atoms with Crippen LogP contribution in [-0.4, -0.2) is 49.9 Å². The van der Waals surface area contributed by atoms with Crippen molar-refractivity contribution in [2.45, 2.75) is 200 Å². The topological polar surface area (TPSA) is 75.4 Å². The number of rotatable bonds is 37. The fourth-order valence-electron chi connectivity index (χ4n) is 7.18. The first-order chi connectivity index (χ1) is 25.6. The zero-order valence-electron chi connectivity index (χ0n) is 34.0. The quantitative estimate of drug-likeness (QED) is 0.0605. The molecule has 2 unspecified atom stereocenters. The van der Waals surface area contributed by atoms with E-state index < -0.39 is 0 Å². The molecule has 0 radical (unpaired) electrons. The van der Waals surface area contributed by atoms with E-state index in [4.69, 9.17) is 9.47 Å². The van der Waals surface area contributed by atoms with Gasteiger partial charge in [0.2, 0.25) is 5.91 Å². The molecule has 0 saturated heterocycles.